The summed E-state index contributed by atoms with van der Waals surface area (Å²) in [7, 11) is 0. The number of hydrogen-bond acceptors (Lipinski definition) is 6. The molecular formula is C30H34F3N5O2. The maximum absolute atomic E-state index is 13.9. The van der Waals surface area contributed by atoms with E-state index in [0.717, 1.165) is 67.4 Å². The highest BCUT2D eigenvalue weighted by molar-refractivity contribution is 6.06. The summed E-state index contributed by atoms with van der Waals surface area (Å²) in [5.74, 6) is 0.368. The second-order valence-corrected chi connectivity index (χ2v) is 10.1. The van der Waals surface area contributed by atoms with E-state index in [1.165, 1.54) is 12.1 Å². The van der Waals surface area contributed by atoms with Crippen molar-refractivity contribution in [2.45, 2.75) is 20.0 Å². The van der Waals surface area contributed by atoms with Gasteiger partial charge in [0.1, 0.15) is 5.82 Å². The van der Waals surface area contributed by atoms with E-state index in [4.69, 9.17) is 4.74 Å². The minimum atomic E-state index is -4.54. The first kappa shape index (κ1) is 28.1. The summed E-state index contributed by atoms with van der Waals surface area (Å²) in [6, 6.07) is 14.4. The minimum Gasteiger partial charge on any atom is -0.378 e. The van der Waals surface area contributed by atoms with Crippen molar-refractivity contribution in [2.75, 3.05) is 68.9 Å². The zero-order valence-corrected chi connectivity index (χ0v) is 22.8. The van der Waals surface area contributed by atoms with Gasteiger partial charge in [-0.25, -0.2) is 15.0 Å². The normalized spacial score (nSPS) is 17.2. The number of rotatable bonds is 6. The fourth-order valence-electron chi connectivity index (χ4n) is 5.22. The Kier molecular flexibility index (Phi) is 8.39. The number of halogens is 3. The molecule has 0 saturated carbocycles. The summed E-state index contributed by atoms with van der Waals surface area (Å²) >= 11 is 0. The first-order chi connectivity index (χ1) is 19.2. The van der Waals surface area contributed by atoms with Crippen molar-refractivity contribution in [2.24, 2.45) is 0 Å². The van der Waals surface area contributed by atoms with Crippen LogP contribution in [0.25, 0.3) is 11.1 Å². The molecule has 3 aromatic rings. The van der Waals surface area contributed by atoms with E-state index in [1.807, 2.05) is 42.3 Å². The number of aromatic nitrogens is 1. The predicted molar refractivity (Wildman–Crippen MR) is 149 cm³/mol. The molecule has 0 bridgehead atoms. The molecule has 7 nitrogen and oxygen atoms in total. The Bertz CT molecular complexity index is 1330. The van der Waals surface area contributed by atoms with Gasteiger partial charge in [0.2, 0.25) is 0 Å². The number of hydrogen-bond donors (Lipinski definition) is 0. The van der Waals surface area contributed by atoms with Crippen molar-refractivity contribution in [3.05, 3.63) is 77.5 Å². The maximum Gasteiger partial charge on any atom is 0.416 e. The molecule has 0 spiro atoms. The quantitative estimate of drug-likeness (QED) is 0.423. The number of piperazine rings is 1. The Hall–Kier alpha value is -3.47. The van der Waals surface area contributed by atoms with Gasteiger partial charge in [0, 0.05) is 51.0 Å². The number of carbonyl (C=O) groups is 1. The highest BCUT2D eigenvalue weighted by Crippen LogP contribution is 2.33. The number of ether oxygens (including phenoxy) is 1. The Balaban J connectivity index is 1.53. The Morgan fingerprint density at radius 2 is 1.73 bits per heavy atom. The molecule has 2 aliphatic heterocycles. The first-order valence-corrected chi connectivity index (χ1v) is 13.6. The van der Waals surface area contributed by atoms with Gasteiger partial charge >= 0.3 is 6.18 Å². The van der Waals surface area contributed by atoms with Crippen LogP contribution in [0.1, 0.15) is 28.4 Å². The largest absolute Gasteiger partial charge is 0.416 e. The molecule has 212 valence electrons. The van der Waals surface area contributed by atoms with Crippen molar-refractivity contribution in [3.8, 4) is 11.1 Å². The van der Waals surface area contributed by atoms with Gasteiger partial charge in [-0.05, 0) is 72.6 Å². The minimum absolute atomic E-state index is 0.00612. The molecule has 40 heavy (non-hydrogen) atoms. The van der Waals surface area contributed by atoms with E-state index in [2.05, 4.69) is 21.7 Å². The third kappa shape index (κ3) is 6.14. The van der Waals surface area contributed by atoms with Gasteiger partial charge in [0.25, 0.3) is 5.91 Å². The van der Waals surface area contributed by atoms with Crippen molar-refractivity contribution in [3.63, 3.8) is 0 Å². The first-order valence-electron chi connectivity index (χ1n) is 13.6. The topological polar surface area (TPSA) is 52.2 Å². The number of carbonyl (C=O) groups excluding carboxylic acids is 1. The summed E-state index contributed by atoms with van der Waals surface area (Å²) in [4.78, 5) is 23.0. The van der Waals surface area contributed by atoms with Crippen LogP contribution in [-0.4, -0.2) is 79.8 Å². The molecule has 10 heteroatoms. The van der Waals surface area contributed by atoms with E-state index in [0.29, 0.717) is 32.0 Å². The van der Waals surface area contributed by atoms with Crippen LogP contribution in [0.4, 0.5) is 24.7 Å². The zero-order valence-electron chi connectivity index (χ0n) is 22.8. The summed E-state index contributed by atoms with van der Waals surface area (Å²) in [5.41, 5.74) is 2.67. The van der Waals surface area contributed by atoms with Crippen LogP contribution >= 0.6 is 0 Å². The number of anilines is 2. The SMILES string of the molecule is CCN1CCN(N(C(=O)c2cccc(C(F)(F)F)c2)c2ccc(C)c(-c3ccnc(N4CCOCC4)c3)c2)CC1. The zero-order chi connectivity index (χ0) is 28.3. The number of pyridine rings is 1. The number of morpholine rings is 1. The average molecular weight is 554 g/mol. The van der Waals surface area contributed by atoms with Crippen LogP contribution in [0.5, 0.6) is 0 Å². The Morgan fingerprint density at radius 3 is 2.42 bits per heavy atom. The fourth-order valence-corrected chi connectivity index (χ4v) is 5.22. The molecule has 1 amide bonds. The molecule has 2 aliphatic rings. The second kappa shape index (κ2) is 12.0. The van der Waals surface area contributed by atoms with Crippen molar-refractivity contribution < 1.29 is 22.7 Å². The van der Waals surface area contributed by atoms with E-state index in [-0.39, 0.29) is 5.56 Å². The van der Waals surface area contributed by atoms with Gasteiger partial charge < -0.3 is 14.5 Å². The third-order valence-corrected chi connectivity index (χ3v) is 7.57. The number of alkyl halides is 3. The van der Waals surface area contributed by atoms with Crippen LogP contribution < -0.4 is 9.91 Å². The average Bonchev–Trinajstić information content (AvgIpc) is 2.98. The molecule has 2 aromatic carbocycles. The molecule has 5 rings (SSSR count). The lowest BCUT2D eigenvalue weighted by Crippen LogP contribution is -2.55. The number of aryl methyl sites for hydroxylation is 1. The van der Waals surface area contributed by atoms with Crippen LogP contribution in [0, 0.1) is 6.92 Å². The lowest BCUT2D eigenvalue weighted by Gasteiger charge is -2.41. The van der Waals surface area contributed by atoms with Gasteiger partial charge in [-0.3, -0.25) is 4.79 Å². The molecule has 0 N–H and O–H groups in total. The molecule has 0 unspecified atom stereocenters. The number of hydrazine groups is 1. The maximum atomic E-state index is 13.9. The van der Waals surface area contributed by atoms with Crippen molar-refractivity contribution >= 4 is 17.4 Å². The number of likely N-dealkylation sites (N-methyl/N-ethyl adjacent to an activating group) is 1. The van der Waals surface area contributed by atoms with Gasteiger partial charge in [0.05, 0.1) is 24.5 Å². The Morgan fingerprint density at radius 1 is 0.975 bits per heavy atom. The lowest BCUT2D eigenvalue weighted by atomic mass is 10.00. The van der Waals surface area contributed by atoms with Gasteiger partial charge in [0.15, 0.2) is 0 Å². The highest BCUT2D eigenvalue weighted by atomic mass is 19.4. The molecule has 1 aromatic heterocycles. The predicted octanol–water partition coefficient (Wildman–Crippen LogP) is 5.11. The van der Waals surface area contributed by atoms with Crippen molar-refractivity contribution in [1.82, 2.24) is 14.9 Å². The monoisotopic (exact) mass is 553 g/mol. The van der Waals surface area contributed by atoms with Gasteiger partial charge in [-0.15, -0.1) is 0 Å². The van der Waals surface area contributed by atoms with Crippen LogP contribution in [0.3, 0.4) is 0 Å². The molecule has 0 atom stereocenters. The van der Waals surface area contributed by atoms with Crippen LogP contribution in [-0.2, 0) is 10.9 Å². The summed E-state index contributed by atoms with van der Waals surface area (Å²) in [6.45, 7) is 10.5. The van der Waals surface area contributed by atoms with Gasteiger partial charge in [-0.1, -0.05) is 19.1 Å². The molecule has 3 heterocycles. The standard InChI is InChI=1S/C30H34F3N5O2/c1-3-35-11-13-37(14-12-35)38(29(39)24-5-4-6-25(19-24)30(31,32)33)26-8-7-22(2)27(21-26)23-9-10-34-28(20-23)36-15-17-40-18-16-36/h4-10,19-21H,3,11-18H2,1-2H3. The fraction of sp³-hybridized carbons (Fsp3) is 0.400. The second-order valence-electron chi connectivity index (χ2n) is 10.1. The third-order valence-electron chi connectivity index (χ3n) is 7.57. The molecule has 0 aliphatic carbocycles. The van der Waals surface area contributed by atoms with Crippen molar-refractivity contribution in [1.29, 1.82) is 0 Å². The highest BCUT2D eigenvalue weighted by Gasteiger charge is 2.33. The van der Waals surface area contributed by atoms with Crippen LogP contribution in [0.2, 0.25) is 0 Å². The smallest absolute Gasteiger partial charge is 0.378 e. The number of amides is 1. The van der Waals surface area contributed by atoms with E-state index < -0.39 is 17.6 Å². The molecular weight excluding hydrogens is 519 g/mol. The summed E-state index contributed by atoms with van der Waals surface area (Å²) in [5, 5.41) is 3.49. The molecule has 2 saturated heterocycles. The lowest BCUT2D eigenvalue weighted by molar-refractivity contribution is -0.137. The van der Waals surface area contributed by atoms with E-state index in [9.17, 15) is 18.0 Å². The molecule has 0 radical (unpaired) electrons. The van der Waals surface area contributed by atoms with E-state index in [1.54, 1.807) is 11.2 Å². The van der Waals surface area contributed by atoms with E-state index >= 15 is 0 Å². The summed E-state index contributed by atoms with van der Waals surface area (Å²) in [6.07, 6.45) is -2.76. The number of benzene rings is 2. The summed E-state index contributed by atoms with van der Waals surface area (Å²) < 4.78 is 45.9. The number of nitrogens with zero attached hydrogens (tertiary/aromatic N) is 5. The van der Waals surface area contributed by atoms with Gasteiger partial charge in [-0.2, -0.15) is 13.2 Å². The Labute approximate surface area is 232 Å². The van der Waals surface area contributed by atoms with Crippen LogP contribution in [0.15, 0.2) is 60.8 Å². The molecule has 2 fully saturated rings.